The molecule has 2 nitrogen and oxygen atoms in total. The molecule has 1 aliphatic heterocycles. The lowest BCUT2D eigenvalue weighted by Crippen LogP contribution is -2.22. The van der Waals surface area contributed by atoms with E-state index in [4.69, 9.17) is 27.9 Å². The third-order valence-corrected chi connectivity index (χ3v) is 3.94. The summed E-state index contributed by atoms with van der Waals surface area (Å²) >= 11 is 13.5. The van der Waals surface area contributed by atoms with Gasteiger partial charge in [0.25, 0.3) is 0 Å². The molecular formula is C11H13Cl2NOS. The maximum Gasteiger partial charge on any atom is 0.114 e. The van der Waals surface area contributed by atoms with Crippen LogP contribution >= 0.6 is 34.5 Å². The van der Waals surface area contributed by atoms with Crippen molar-refractivity contribution in [2.75, 3.05) is 13.2 Å². The Bertz CT molecular complexity index is 403. The maximum absolute atomic E-state index is 6.17. The first-order valence-electron chi connectivity index (χ1n) is 5.23. The molecule has 0 saturated heterocycles. The molecule has 0 radical (unpaired) electrons. The first kappa shape index (κ1) is 12.2. The van der Waals surface area contributed by atoms with E-state index in [1.54, 1.807) is 0 Å². The van der Waals surface area contributed by atoms with Gasteiger partial charge in [-0.1, -0.05) is 30.1 Å². The molecule has 1 N–H and O–H groups in total. The Balaban J connectivity index is 2.28. The van der Waals surface area contributed by atoms with E-state index >= 15 is 0 Å². The number of thiophene rings is 1. The van der Waals surface area contributed by atoms with Gasteiger partial charge in [0.1, 0.15) is 5.76 Å². The molecule has 2 heterocycles. The molecule has 0 saturated carbocycles. The fourth-order valence-electron chi connectivity index (χ4n) is 1.76. The largest absolute Gasteiger partial charge is 0.496 e. The van der Waals surface area contributed by atoms with Crippen LogP contribution in [0, 0.1) is 0 Å². The zero-order chi connectivity index (χ0) is 11.5. The van der Waals surface area contributed by atoms with Crippen molar-refractivity contribution in [2.24, 2.45) is 0 Å². The van der Waals surface area contributed by atoms with Gasteiger partial charge in [0.2, 0.25) is 0 Å². The van der Waals surface area contributed by atoms with Gasteiger partial charge in [-0.15, -0.1) is 11.3 Å². The minimum absolute atomic E-state index is 0.0312. The van der Waals surface area contributed by atoms with Gasteiger partial charge in [-0.25, -0.2) is 0 Å². The summed E-state index contributed by atoms with van der Waals surface area (Å²) in [4.78, 5) is 0. The predicted molar refractivity (Wildman–Crippen MR) is 69.4 cm³/mol. The number of rotatable bonds is 4. The molecule has 0 aliphatic carbocycles. The van der Waals surface area contributed by atoms with Gasteiger partial charge in [-0.2, -0.15) is 0 Å². The second-order valence-electron chi connectivity index (χ2n) is 3.51. The van der Waals surface area contributed by atoms with E-state index in [0.29, 0.717) is 4.34 Å². The van der Waals surface area contributed by atoms with Gasteiger partial charge in [-0.05, 0) is 18.7 Å². The molecule has 0 fully saturated rings. The standard InChI is InChI=1S/C11H13Cl2NOS/c1-2-14-10(8-4-3-5-15-8)7-6-9(12)16-11(7)13/h4,6,10,14H,2-3,5H2,1H3. The van der Waals surface area contributed by atoms with Crippen LogP contribution in [0.1, 0.15) is 24.9 Å². The Labute approximate surface area is 109 Å². The fraction of sp³-hybridized carbons (Fsp3) is 0.455. The molecule has 0 aromatic carbocycles. The van der Waals surface area contributed by atoms with E-state index in [0.717, 1.165) is 35.2 Å². The third kappa shape index (κ3) is 2.54. The van der Waals surface area contributed by atoms with Crippen molar-refractivity contribution in [3.05, 3.63) is 32.1 Å². The minimum Gasteiger partial charge on any atom is -0.496 e. The average Bonchev–Trinajstić information content (AvgIpc) is 2.85. The number of ether oxygens (including phenoxy) is 1. The van der Waals surface area contributed by atoms with E-state index in [1.165, 1.54) is 11.3 Å². The van der Waals surface area contributed by atoms with Gasteiger partial charge >= 0.3 is 0 Å². The van der Waals surface area contributed by atoms with Crippen molar-refractivity contribution < 1.29 is 4.74 Å². The summed E-state index contributed by atoms with van der Waals surface area (Å²) in [5.41, 5.74) is 1.01. The quantitative estimate of drug-likeness (QED) is 0.898. The van der Waals surface area contributed by atoms with Crippen molar-refractivity contribution >= 4 is 34.5 Å². The summed E-state index contributed by atoms with van der Waals surface area (Å²) < 4.78 is 7.03. The second-order valence-corrected chi connectivity index (χ2v) is 5.80. The number of hydrogen-bond donors (Lipinski definition) is 1. The molecule has 5 heteroatoms. The molecule has 0 amide bonds. The Morgan fingerprint density at radius 2 is 2.38 bits per heavy atom. The molecule has 16 heavy (non-hydrogen) atoms. The van der Waals surface area contributed by atoms with Crippen LogP contribution in [0.2, 0.25) is 8.67 Å². The number of halogens is 2. The van der Waals surface area contributed by atoms with Crippen LogP contribution in [0.4, 0.5) is 0 Å². The van der Waals surface area contributed by atoms with E-state index in [1.807, 2.05) is 6.07 Å². The van der Waals surface area contributed by atoms with Gasteiger partial charge in [0, 0.05) is 12.0 Å². The monoisotopic (exact) mass is 277 g/mol. The molecule has 1 aromatic heterocycles. The van der Waals surface area contributed by atoms with Crippen LogP contribution in [-0.2, 0) is 4.74 Å². The van der Waals surface area contributed by atoms with Crippen LogP contribution in [0.15, 0.2) is 17.9 Å². The maximum atomic E-state index is 6.17. The van der Waals surface area contributed by atoms with Crippen molar-refractivity contribution in [3.63, 3.8) is 0 Å². The fourth-order valence-corrected chi connectivity index (χ4v) is 3.29. The van der Waals surface area contributed by atoms with E-state index in [9.17, 15) is 0 Å². The van der Waals surface area contributed by atoms with Crippen LogP contribution in [0.3, 0.4) is 0 Å². The second kappa shape index (κ2) is 5.41. The summed E-state index contributed by atoms with van der Waals surface area (Å²) in [6, 6.07) is 1.94. The third-order valence-electron chi connectivity index (χ3n) is 2.42. The van der Waals surface area contributed by atoms with Crippen molar-refractivity contribution in [2.45, 2.75) is 19.4 Å². The summed E-state index contributed by atoms with van der Waals surface area (Å²) in [6.45, 7) is 3.67. The molecule has 1 atom stereocenters. The van der Waals surface area contributed by atoms with Gasteiger partial charge < -0.3 is 10.1 Å². The van der Waals surface area contributed by atoms with Gasteiger partial charge in [0.05, 0.1) is 21.3 Å². The number of likely N-dealkylation sites (N-methyl/N-ethyl adjacent to an activating group) is 1. The topological polar surface area (TPSA) is 21.3 Å². The van der Waals surface area contributed by atoms with Crippen LogP contribution in [0.25, 0.3) is 0 Å². The molecule has 1 aliphatic rings. The zero-order valence-corrected chi connectivity index (χ0v) is 11.3. The molecule has 88 valence electrons. The van der Waals surface area contributed by atoms with E-state index < -0.39 is 0 Å². The summed E-state index contributed by atoms with van der Waals surface area (Å²) in [5.74, 6) is 0.957. The number of nitrogens with one attached hydrogen (secondary N) is 1. The lowest BCUT2D eigenvalue weighted by atomic mass is 10.1. The molecule has 1 unspecified atom stereocenters. The predicted octanol–water partition coefficient (Wildman–Crippen LogP) is 4.01. The molecule has 0 spiro atoms. The van der Waals surface area contributed by atoms with Crippen molar-refractivity contribution in [3.8, 4) is 0 Å². The lowest BCUT2D eigenvalue weighted by Gasteiger charge is -2.18. The lowest BCUT2D eigenvalue weighted by molar-refractivity contribution is 0.216. The Kier molecular flexibility index (Phi) is 4.14. The van der Waals surface area contributed by atoms with E-state index in [2.05, 4.69) is 18.3 Å². The number of hydrogen-bond acceptors (Lipinski definition) is 3. The molecule has 2 rings (SSSR count). The SMILES string of the molecule is CCNC(C1=CCCO1)c1cc(Cl)sc1Cl. The smallest absolute Gasteiger partial charge is 0.114 e. The Morgan fingerprint density at radius 1 is 1.56 bits per heavy atom. The van der Waals surface area contributed by atoms with Crippen LogP contribution in [0.5, 0.6) is 0 Å². The average molecular weight is 278 g/mol. The van der Waals surface area contributed by atoms with Crippen molar-refractivity contribution in [1.29, 1.82) is 0 Å². The molecular weight excluding hydrogens is 265 g/mol. The highest BCUT2D eigenvalue weighted by Crippen LogP contribution is 2.38. The molecule has 0 bridgehead atoms. The first-order valence-corrected chi connectivity index (χ1v) is 6.80. The highest BCUT2D eigenvalue weighted by Gasteiger charge is 2.23. The minimum atomic E-state index is 0.0312. The highest BCUT2D eigenvalue weighted by atomic mass is 35.5. The zero-order valence-electron chi connectivity index (χ0n) is 8.93. The summed E-state index contributed by atoms with van der Waals surface area (Å²) in [5, 5.41) is 3.37. The van der Waals surface area contributed by atoms with Crippen LogP contribution < -0.4 is 5.32 Å². The van der Waals surface area contributed by atoms with Crippen LogP contribution in [-0.4, -0.2) is 13.2 Å². The Hall–Kier alpha value is -0.220. The summed E-state index contributed by atoms with van der Waals surface area (Å²) in [7, 11) is 0. The van der Waals surface area contributed by atoms with Gasteiger partial charge in [0.15, 0.2) is 0 Å². The Morgan fingerprint density at radius 3 is 2.88 bits per heavy atom. The normalized spacial score (nSPS) is 17.1. The van der Waals surface area contributed by atoms with Crippen molar-refractivity contribution in [1.82, 2.24) is 5.32 Å². The van der Waals surface area contributed by atoms with Gasteiger partial charge in [-0.3, -0.25) is 0 Å². The van der Waals surface area contributed by atoms with E-state index in [-0.39, 0.29) is 6.04 Å². The first-order chi connectivity index (χ1) is 7.72. The summed E-state index contributed by atoms with van der Waals surface area (Å²) in [6.07, 6.45) is 3.07. The highest BCUT2D eigenvalue weighted by molar-refractivity contribution is 7.20. The molecule has 1 aromatic rings.